The molecule has 2 rings (SSSR count). The van der Waals surface area contributed by atoms with E-state index >= 15 is 0 Å². The molecule has 5 nitrogen and oxygen atoms in total. The van der Waals surface area contributed by atoms with E-state index in [0.717, 1.165) is 0 Å². The lowest BCUT2D eigenvalue weighted by Gasteiger charge is -1.99. The Labute approximate surface area is 79.0 Å². The van der Waals surface area contributed by atoms with E-state index in [4.69, 9.17) is 9.15 Å². The summed E-state index contributed by atoms with van der Waals surface area (Å²) in [6, 6.07) is 4.27. The fourth-order valence-corrected chi connectivity index (χ4v) is 1.23. The molecule has 0 bridgehead atoms. The predicted octanol–water partition coefficient (Wildman–Crippen LogP) is 2.15. The van der Waals surface area contributed by atoms with E-state index < -0.39 is 4.92 Å². The van der Waals surface area contributed by atoms with Gasteiger partial charge < -0.3 is 9.15 Å². The third kappa shape index (κ3) is 1.19. The highest BCUT2D eigenvalue weighted by Crippen LogP contribution is 2.31. The summed E-state index contributed by atoms with van der Waals surface area (Å²) in [4.78, 5) is 10.1. The second kappa shape index (κ2) is 3.02. The van der Waals surface area contributed by atoms with Crippen LogP contribution in [0.15, 0.2) is 22.6 Å². The normalized spacial score (nSPS) is 10.4. The van der Waals surface area contributed by atoms with Gasteiger partial charge in [-0.3, -0.25) is 10.1 Å². The fourth-order valence-electron chi connectivity index (χ4n) is 1.23. The fraction of sp³-hybridized carbons (Fsp3) is 0.111. The third-order valence-corrected chi connectivity index (χ3v) is 1.87. The maximum absolute atomic E-state index is 10.5. The molecule has 0 N–H and O–H groups in total. The molecule has 1 radical (unpaired) electrons. The van der Waals surface area contributed by atoms with Gasteiger partial charge in [0.15, 0.2) is 17.6 Å². The van der Waals surface area contributed by atoms with Gasteiger partial charge in [-0.15, -0.1) is 0 Å². The van der Waals surface area contributed by atoms with Crippen molar-refractivity contribution in [3.8, 4) is 5.75 Å². The third-order valence-electron chi connectivity index (χ3n) is 1.87. The summed E-state index contributed by atoms with van der Waals surface area (Å²) in [6.07, 6.45) is 2.50. The van der Waals surface area contributed by atoms with Crippen LogP contribution in [0.4, 0.5) is 5.69 Å². The van der Waals surface area contributed by atoms with Crippen molar-refractivity contribution in [1.82, 2.24) is 0 Å². The van der Waals surface area contributed by atoms with Crippen molar-refractivity contribution in [2.24, 2.45) is 0 Å². The van der Waals surface area contributed by atoms with Gasteiger partial charge in [-0.05, 0) is 6.07 Å². The van der Waals surface area contributed by atoms with Crippen molar-refractivity contribution in [3.05, 3.63) is 34.6 Å². The number of benzene rings is 1. The quantitative estimate of drug-likeness (QED) is 0.540. The number of rotatable bonds is 2. The van der Waals surface area contributed by atoms with Crippen LogP contribution in [0.3, 0.4) is 0 Å². The Bertz CT molecular complexity index is 489. The number of hydrogen-bond acceptors (Lipinski definition) is 4. The molecule has 14 heavy (non-hydrogen) atoms. The van der Waals surface area contributed by atoms with Gasteiger partial charge >= 0.3 is 0 Å². The van der Waals surface area contributed by atoms with E-state index in [2.05, 4.69) is 6.26 Å². The average Bonchev–Trinajstić information content (AvgIpc) is 2.63. The van der Waals surface area contributed by atoms with Crippen LogP contribution in [-0.2, 0) is 0 Å². The van der Waals surface area contributed by atoms with E-state index in [1.807, 2.05) is 0 Å². The molecular weight excluding hydrogens is 186 g/mol. The molecule has 1 aromatic carbocycles. The number of nitro groups is 1. The monoisotopic (exact) mass is 192 g/mol. The minimum absolute atomic E-state index is 0.0239. The topological polar surface area (TPSA) is 65.5 Å². The first-order valence-electron chi connectivity index (χ1n) is 3.84. The SMILES string of the molecule is COc1cc([N+](=O)[O-])cc2c[c]oc12. The maximum atomic E-state index is 10.5. The van der Waals surface area contributed by atoms with Crippen LogP contribution in [-0.4, -0.2) is 12.0 Å². The Morgan fingerprint density at radius 1 is 1.57 bits per heavy atom. The number of fused-ring (bicyclic) bond motifs is 1. The Balaban J connectivity index is 2.73. The molecule has 5 heteroatoms. The van der Waals surface area contributed by atoms with Crippen LogP contribution in [0.2, 0.25) is 0 Å². The molecule has 1 heterocycles. The highest BCUT2D eigenvalue weighted by atomic mass is 16.6. The van der Waals surface area contributed by atoms with Crippen LogP contribution in [0.1, 0.15) is 0 Å². The van der Waals surface area contributed by atoms with Gasteiger partial charge in [0.1, 0.15) is 0 Å². The zero-order valence-electron chi connectivity index (χ0n) is 7.31. The zero-order valence-corrected chi connectivity index (χ0v) is 7.31. The van der Waals surface area contributed by atoms with E-state index in [1.165, 1.54) is 25.3 Å². The molecule has 0 spiro atoms. The smallest absolute Gasteiger partial charge is 0.274 e. The summed E-state index contributed by atoms with van der Waals surface area (Å²) in [5.74, 6) is 0.343. The van der Waals surface area contributed by atoms with Crippen LogP contribution >= 0.6 is 0 Å². The molecule has 0 aliphatic carbocycles. The number of nitrogens with zero attached hydrogens (tertiary/aromatic N) is 1. The molecule has 0 atom stereocenters. The molecule has 1 aromatic heterocycles. The molecular formula is C9H6NO4. The van der Waals surface area contributed by atoms with Crippen LogP contribution in [0.25, 0.3) is 11.0 Å². The Hall–Kier alpha value is -2.04. The van der Waals surface area contributed by atoms with Gasteiger partial charge in [0, 0.05) is 11.5 Å². The molecule has 2 aromatic rings. The Morgan fingerprint density at radius 2 is 2.36 bits per heavy atom. The predicted molar refractivity (Wildman–Crippen MR) is 48.3 cm³/mol. The van der Waals surface area contributed by atoms with E-state index in [9.17, 15) is 10.1 Å². The highest BCUT2D eigenvalue weighted by molar-refractivity contribution is 5.85. The van der Waals surface area contributed by atoms with Gasteiger partial charge in [-0.1, -0.05) is 0 Å². The number of ether oxygens (including phenoxy) is 1. The van der Waals surface area contributed by atoms with Crippen LogP contribution in [0, 0.1) is 16.4 Å². The van der Waals surface area contributed by atoms with Crippen molar-refractivity contribution in [3.63, 3.8) is 0 Å². The number of nitro benzene ring substituents is 1. The summed E-state index contributed by atoms with van der Waals surface area (Å²) in [5.41, 5.74) is 0.447. The number of hydrogen-bond donors (Lipinski definition) is 0. The van der Waals surface area contributed by atoms with Crippen molar-refractivity contribution >= 4 is 16.7 Å². The first kappa shape index (κ1) is 8.55. The molecule has 0 unspecified atom stereocenters. The zero-order chi connectivity index (χ0) is 10.1. The largest absolute Gasteiger partial charge is 0.493 e. The molecule has 71 valence electrons. The second-order valence-electron chi connectivity index (χ2n) is 2.69. The Kier molecular flexibility index (Phi) is 1.85. The van der Waals surface area contributed by atoms with Gasteiger partial charge in [0.25, 0.3) is 5.69 Å². The van der Waals surface area contributed by atoms with Crippen molar-refractivity contribution < 1.29 is 14.1 Å². The van der Waals surface area contributed by atoms with E-state index in [-0.39, 0.29) is 5.69 Å². The standard InChI is InChI=1S/C9H6NO4/c1-13-8-5-7(10(11)12)4-6-2-3-14-9(6)8/h2,4-5H,1H3. The van der Waals surface area contributed by atoms with Crippen LogP contribution in [0.5, 0.6) is 5.75 Å². The summed E-state index contributed by atoms with van der Waals surface area (Å²) >= 11 is 0. The summed E-state index contributed by atoms with van der Waals surface area (Å²) in [5, 5.41) is 11.2. The molecule has 0 amide bonds. The lowest BCUT2D eigenvalue weighted by molar-refractivity contribution is -0.384. The lowest BCUT2D eigenvalue weighted by atomic mass is 10.2. The van der Waals surface area contributed by atoms with Crippen molar-refractivity contribution in [2.45, 2.75) is 0 Å². The summed E-state index contributed by atoms with van der Waals surface area (Å²) < 4.78 is 9.96. The molecule has 0 saturated carbocycles. The Morgan fingerprint density at radius 3 is 3.00 bits per heavy atom. The average molecular weight is 192 g/mol. The maximum Gasteiger partial charge on any atom is 0.274 e. The van der Waals surface area contributed by atoms with Crippen LogP contribution < -0.4 is 4.74 Å². The number of furan rings is 1. The number of non-ortho nitro benzene ring substituents is 1. The van der Waals surface area contributed by atoms with Gasteiger partial charge in [0.2, 0.25) is 0 Å². The lowest BCUT2D eigenvalue weighted by Crippen LogP contribution is -1.90. The highest BCUT2D eigenvalue weighted by Gasteiger charge is 2.13. The first-order valence-corrected chi connectivity index (χ1v) is 3.84. The van der Waals surface area contributed by atoms with Crippen molar-refractivity contribution in [1.29, 1.82) is 0 Å². The second-order valence-corrected chi connectivity index (χ2v) is 2.69. The molecule has 0 aliphatic rings. The summed E-state index contributed by atoms with van der Waals surface area (Å²) in [6.45, 7) is 0. The molecule has 0 fully saturated rings. The van der Waals surface area contributed by atoms with E-state index in [1.54, 1.807) is 0 Å². The van der Waals surface area contributed by atoms with Crippen molar-refractivity contribution in [2.75, 3.05) is 7.11 Å². The first-order chi connectivity index (χ1) is 6.72. The summed E-state index contributed by atoms with van der Waals surface area (Å²) in [7, 11) is 1.43. The van der Waals surface area contributed by atoms with Gasteiger partial charge in [0.05, 0.1) is 18.1 Å². The van der Waals surface area contributed by atoms with Gasteiger partial charge in [-0.2, -0.15) is 0 Å². The number of methoxy groups -OCH3 is 1. The van der Waals surface area contributed by atoms with E-state index in [0.29, 0.717) is 16.7 Å². The molecule has 0 aliphatic heterocycles. The van der Waals surface area contributed by atoms with Gasteiger partial charge in [-0.25, -0.2) is 0 Å². The molecule has 0 saturated heterocycles. The minimum atomic E-state index is -0.477. The minimum Gasteiger partial charge on any atom is -0.493 e.